The highest BCUT2D eigenvalue weighted by Crippen LogP contribution is 1.99. The quantitative estimate of drug-likeness (QED) is 0.561. The van der Waals surface area contributed by atoms with Crippen molar-refractivity contribution in [1.82, 2.24) is 5.32 Å². The molecule has 0 amide bonds. The molecule has 0 spiro atoms. The molecule has 0 saturated carbocycles. The Balaban J connectivity index is 3.88. The topological polar surface area (TPSA) is 35.8 Å². The summed E-state index contributed by atoms with van der Waals surface area (Å²) < 4.78 is 0. The van der Waals surface area contributed by atoms with Gasteiger partial charge in [0.1, 0.15) is 0 Å². The van der Waals surface area contributed by atoms with Crippen LogP contribution < -0.4 is 5.32 Å². The monoisotopic (exact) mass is 138 g/mol. The van der Waals surface area contributed by atoms with E-state index >= 15 is 0 Å². The number of hydrogen-bond acceptors (Lipinski definition) is 2. The van der Waals surface area contributed by atoms with Crippen molar-refractivity contribution in [1.29, 1.82) is 5.26 Å². The first kappa shape index (κ1) is 9.03. The van der Waals surface area contributed by atoms with Crippen molar-refractivity contribution in [2.75, 3.05) is 0 Å². The molecule has 0 unspecified atom stereocenters. The van der Waals surface area contributed by atoms with Crippen molar-refractivity contribution in [3.05, 3.63) is 11.8 Å². The summed E-state index contributed by atoms with van der Waals surface area (Å²) in [5.41, 5.74) is 0.757. The van der Waals surface area contributed by atoms with Gasteiger partial charge in [0.15, 0.2) is 0 Å². The minimum Gasteiger partial charge on any atom is -0.386 e. The maximum Gasteiger partial charge on any atom is 0.0959 e. The van der Waals surface area contributed by atoms with E-state index < -0.39 is 0 Å². The van der Waals surface area contributed by atoms with E-state index in [1.165, 1.54) is 0 Å². The molecule has 10 heavy (non-hydrogen) atoms. The summed E-state index contributed by atoms with van der Waals surface area (Å²) in [5.74, 6) is 0. The Labute approximate surface area is 62.5 Å². The standard InChI is InChI=1S/C8H14N2/c1-7(5-9)6-10-8(2,3)4/h6,10H,1-4H3/b7-6+. The van der Waals surface area contributed by atoms with Gasteiger partial charge in [-0.3, -0.25) is 0 Å². The SMILES string of the molecule is C/C(C#N)=C\NC(C)(C)C. The number of allylic oxidation sites excluding steroid dienone is 1. The maximum absolute atomic E-state index is 8.37. The predicted molar refractivity (Wildman–Crippen MR) is 42.3 cm³/mol. The third-order valence-corrected chi connectivity index (χ3v) is 0.898. The second kappa shape index (κ2) is 3.26. The molecular formula is C8H14N2. The van der Waals surface area contributed by atoms with Crippen LogP contribution in [0.2, 0.25) is 0 Å². The fourth-order valence-electron chi connectivity index (χ4n) is 0.357. The maximum atomic E-state index is 8.37. The lowest BCUT2D eigenvalue weighted by atomic mass is 10.1. The van der Waals surface area contributed by atoms with Gasteiger partial charge < -0.3 is 5.32 Å². The summed E-state index contributed by atoms with van der Waals surface area (Å²) in [7, 11) is 0. The molecule has 0 aromatic carbocycles. The molecule has 0 rings (SSSR count). The highest BCUT2D eigenvalue weighted by Gasteiger charge is 2.04. The molecule has 0 radical (unpaired) electrons. The molecule has 0 fully saturated rings. The van der Waals surface area contributed by atoms with Crippen LogP contribution in [0.1, 0.15) is 27.7 Å². The van der Waals surface area contributed by atoms with Crippen molar-refractivity contribution < 1.29 is 0 Å². The molecular weight excluding hydrogens is 124 g/mol. The van der Waals surface area contributed by atoms with Gasteiger partial charge in [-0.1, -0.05) is 0 Å². The Morgan fingerprint density at radius 1 is 1.50 bits per heavy atom. The van der Waals surface area contributed by atoms with Crippen molar-refractivity contribution in [3.8, 4) is 6.07 Å². The molecule has 0 atom stereocenters. The summed E-state index contributed by atoms with van der Waals surface area (Å²) >= 11 is 0. The van der Waals surface area contributed by atoms with Crippen LogP contribution in [-0.4, -0.2) is 5.54 Å². The van der Waals surface area contributed by atoms with Gasteiger partial charge in [-0.15, -0.1) is 0 Å². The summed E-state index contributed by atoms with van der Waals surface area (Å²) in [6, 6.07) is 2.04. The van der Waals surface area contributed by atoms with Gasteiger partial charge in [0.05, 0.1) is 6.07 Å². The average Bonchev–Trinajstić information content (AvgIpc) is 1.81. The van der Waals surface area contributed by atoms with Crippen LogP contribution in [0.15, 0.2) is 11.8 Å². The van der Waals surface area contributed by atoms with E-state index in [0.717, 1.165) is 0 Å². The molecule has 0 aliphatic heterocycles. The second-order valence-electron chi connectivity index (χ2n) is 3.33. The van der Waals surface area contributed by atoms with Crippen LogP contribution in [-0.2, 0) is 0 Å². The largest absolute Gasteiger partial charge is 0.386 e. The van der Waals surface area contributed by atoms with Gasteiger partial charge in [-0.25, -0.2) is 0 Å². The van der Waals surface area contributed by atoms with E-state index in [2.05, 4.69) is 5.32 Å². The van der Waals surface area contributed by atoms with Gasteiger partial charge >= 0.3 is 0 Å². The number of nitrogens with one attached hydrogen (secondary N) is 1. The van der Waals surface area contributed by atoms with Crippen molar-refractivity contribution in [2.45, 2.75) is 33.2 Å². The Hall–Kier alpha value is -0.970. The third-order valence-electron chi connectivity index (χ3n) is 0.898. The zero-order valence-corrected chi connectivity index (χ0v) is 7.02. The molecule has 56 valence electrons. The van der Waals surface area contributed by atoms with E-state index in [4.69, 9.17) is 5.26 Å². The highest BCUT2D eigenvalue weighted by molar-refractivity contribution is 5.16. The third kappa shape index (κ3) is 5.17. The molecule has 0 aromatic heterocycles. The zero-order chi connectivity index (χ0) is 8.20. The Kier molecular flexibility index (Phi) is 2.95. The van der Waals surface area contributed by atoms with Crippen LogP contribution in [0.3, 0.4) is 0 Å². The van der Waals surface area contributed by atoms with E-state index in [0.29, 0.717) is 5.57 Å². The minimum absolute atomic E-state index is 0.0537. The van der Waals surface area contributed by atoms with Crippen LogP contribution in [0.4, 0.5) is 0 Å². The van der Waals surface area contributed by atoms with Crippen LogP contribution >= 0.6 is 0 Å². The number of nitrogens with zero attached hydrogens (tertiary/aromatic N) is 1. The summed E-state index contributed by atoms with van der Waals surface area (Å²) in [6.45, 7) is 7.93. The van der Waals surface area contributed by atoms with Crippen LogP contribution in [0.5, 0.6) is 0 Å². The van der Waals surface area contributed by atoms with Gasteiger partial charge in [0.2, 0.25) is 0 Å². The minimum atomic E-state index is 0.0537. The highest BCUT2D eigenvalue weighted by atomic mass is 14.9. The molecule has 0 heterocycles. The normalized spacial score (nSPS) is 12.5. The first-order chi connectivity index (χ1) is 4.45. The lowest BCUT2D eigenvalue weighted by molar-refractivity contribution is 0.490. The number of hydrogen-bond donors (Lipinski definition) is 1. The number of rotatable bonds is 1. The van der Waals surface area contributed by atoms with Crippen LogP contribution in [0, 0.1) is 11.3 Å². The van der Waals surface area contributed by atoms with Gasteiger partial charge in [-0.05, 0) is 27.7 Å². The molecule has 0 aromatic rings. The fraction of sp³-hybridized carbons (Fsp3) is 0.625. The number of nitriles is 1. The van der Waals surface area contributed by atoms with Crippen LogP contribution in [0.25, 0.3) is 0 Å². The fourth-order valence-corrected chi connectivity index (χ4v) is 0.357. The molecule has 0 bridgehead atoms. The van der Waals surface area contributed by atoms with Gasteiger partial charge in [-0.2, -0.15) is 5.26 Å². The summed E-state index contributed by atoms with van der Waals surface area (Å²) in [5, 5.41) is 11.5. The first-order valence-electron chi connectivity index (χ1n) is 3.30. The van der Waals surface area contributed by atoms with E-state index in [1.807, 2.05) is 26.8 Å². The summed E-state index contributed by atoms with van der Waals surface area (Å²) in [4.78, 5) is 0. The molecule has 2 heteroatoms. The van der Waals surface area contributed by atoms with Crippen molar-refractivity contribution in [3.63, 3.8) is 0 Å². The Bertz CT molecular complexity index is 167. The molecule has 2 nitrogen and oxygen atoms in total. The predicted octanol–water partition coefficient (Wildman–Crippen LogP) is 1.80. The first-order valence-corrected chi connectivity index (χ1v) is 3.30. The van der Waals surface area contributed by atoms with Crippen molar-refractivity contribution >= 4 is 0 Å². The Morgan fingerprint density at radius 3 is 2.30 bits per heavy atom. The molecule has 0 aliphatic rings. The lowest BCUT2D eigenvalue weighted by Crippen LogP contribution is -2.31. The smallest absolute Gasteiger partial charge is 0.0959 e. The molecule has 1 N–H and O–H groups in total. The van der Waals surface area contributed by atoms with E-state index in [1.54, 1.807) is 13.1 Å². The average molecular weight is 138 g/mol. The van der Waals surface area contributed by atoms with Crippen molar-refractivity contribution in [2.24, 2.45) is 0 Å². The van der Waals surface area contributed by atoms with Gasteiger partial charge in [0.25, 0.3) is 0 Å². The summed E-state index contributed by atoms with van der Waals surface area (Å²) in [6.07, 6.45) is 1.74. The molecule has 0 saturated heterocycles. The lowest BCUT2D eigenvalue weighted by Gasteiger charge is -2.18. The van der Waals surface area contributed by atoms with E-state index in [9.17, 15) is 0 Å². The second-order valence-corrected chi connectivity index (χ2v) is 3.33. The van der Waals surface area contributed by atoms with Gasteiger partial charge in [0, 0.05) is 17.3 Å². The Morgan fingerprint density at radius 2 is 2.00 bits per heavy atom. The van der Waals surface area contributed by atoms with E-state index in [-0.39, 0.29) is 5.54 Å². The zero-order valence-electron chi connectivity index (χ0n) is 7.02. The molecule has 0 aliphatic carbocycles.